The number of pyridine rings is 1. The fourth-order valence-electron chi connectivity index (χ4n) is 6.24. The van der Waals surface area contributed by atoms with E-state index in [-0.39, 0.29) is 23.6 Å². The van der Waals surface area contributed by atoms with Crippen LogP contribution in [0.3, 0.4) is 0 Å². The van der Waals surface area contributed by atoms with E-state index in [9.17, 15) is 4.79 Å². The summed E-state index contributed by atoms with van der Waals surface area (Å²) in [5.41, 5.74) is 2.40. The van der Waals surface area contributed by atoms with Crippen molar-refractivity contribution in [3.63, 3.8) is 0 Å². The van der Waals surface area contributed by atoms with Crippen LogP contribution in [0.25, 0.3) is 0 Å². The molecular formula is C24H25NO3. The van der Waals surface area contributed by atoms with Gasteiger partial charge in [-0.25, -0.2) is 4.79 Å². The molecule has 1 aromatic heterocycles. The van der Waals surface area contributed by atoms with Crippen molar-refractivity contribution in [2.24, 2.45) is 11.8 Å². The van der Waals surface area contributed by atoms with Gasteiger partial charge in [0.15, 0.2) is 0 Å². The van der Waals surface area contributed by atoms with Crippen molar-refractivity contribution in [1.29, 1.82) is 0 Å². The van der Waals surface area contributed by atoms with Crippen LogP contribution in [0.15, 0.2) is 54.3 Å². The summed E-state index contributed by atoms with van der Waals surface area (Å²) in [5, 5.41) is 0. The first kappa shape index (κ1) is 16.7. The summed E-state index contributed by atoms with van der Waals surface area (Å²) in [6, 6.07) is 4.37. The maximum Gasteiger partial charge on any atom is 0.337 e. The highest BCUT2D eigenvalue weighted by Crippen LogP contribution is 2.64. The Hall–Kier alpha value is -2.20. The van der Waals surface area contributed by atoms with Crippen molar-refractivity contribution >= 4 is 5.97 Å². The van der Waals surface area contributed by atoms with Gasteiger partial charge in [-0.3, -0.25) is 4.98 Å². The minimum Gasteiger partial charge on any atom is -0.455 e. The molecule has 1 aromatic rings. The number of fused-ring (bicyclic) bond motifs is 1. The number of esters is 1. The van der Waals surface area contributed by atoms with E-state index in [4.69, 9.17) is 14.5 Å². The van der Waals surface area contributed by atoms with Crippen LogP contribution in [-0.4, -0.2) is 28.3 Å². The number of carbonyl (C=O) groups is 1. The minimum atomic E-state index is -0.476. The molecule has 144 valence electrons. The quantitative estimate of drug-likeness (QED) is 0.749. The molecule has 4 nitrogen and oxygen atoms in total. The monoisotopic (exact) mass is 375 g/mol. The number of allylic oxidation sites excluding steroid dienone is 4. The lowest BCUT2D eigenvalue weighted by Crippen LogP contribution is -2.49. The van der Waals surface area contributed by atoms with Crippen molar-refractivity contribution in [2.75, 3.05) is 0 Å². The second-order valence-electron chi connectivity index (χ2n) is 9.12. The Morgan fingerprint density at radius 2 is 2.18 bits per heavy atom. The molecule has 3 unspecified atom stereocenters. The zero-order valence-corrected chi connectivity index (χ0v) is 16.1. The zero-order valence-electron chi connectivity index (χ0n) is 16.1. The Morgan fingerprint density at radius 1 is 1.25 bits per heavy atom. The first-order chi connectivity index (χ1) is 13.6. The highest BCUT2D eigenvalue weighted by molar-refractivity contribution is 5.94. The van der Waals surface area contributed by atoms with Gasteiger partial charge in [-0.1, -0.05) is 43.4 Å². The molecule has 2 aliphatic carbocycles. The van der Waals surface area contributed by atoms with Crippen molar-refractivity contribution in [2.45, 2.75) is 62.3 Å². The van der Waals surface area contributed by atoms with Gasteiger partial charge in [0.05, 0.1) is 11.2 Å². The molecular weight excluding hydrogens is 350 g/mol. The van der Waals surface area contributed by atoms with E-state index < -0.39 is 5.60 Å². The lowest BCUT2D eigenvalue weighted by molar-refractivity contribution is -0.149. The fourth-order valence-corrected chi connectivity index (χ4v) is 6.24. The number of nitrogens with zero attached hydrogens (tertiary/aromatic N) is 1. The van der Waals surface area contributed by atoms with Crippen LogP contribution in [0, 0.1) is 11.8 Å². The summed E-state index contributed by atoms with van der Waals surface area (Å²) in [6.07, 6.45) is 17.6. The Kier molecular flexibility index (Phi) is 3.38. The molecule has 0 aromatic carbocycles. The second-order valence-corrected chi connectivity index (χ2v) is 9.12. The van der Waals surface area contributed by atoms with Crippen molar-refractivity contribution in [3.8, 4) is 0 Å². The number of hydrogen-bond donors (Lipinski definition) is 0. The highest BCUT2D eigenvalue weighted by Gasteiger charge is 2.72. The Balaban J connectivity index is 1.30. The summed E-state index contributed by atoms with van der Waals surface area (Å²) in [4.78, 5) is 17.1. The number of aromatic nitrogens is 1. The largest absolute Gasteiger partial charge is 0.455 e. The number of hydrogen-bond acceptors (Lipinski definition) is 4. The third kappa shape index (κ3) is 2.10. The Bertz CT molecular complexity index is 930. The van der Waals surface area contributed by atoms with Crippen molar-refractivity contribution in [3.05, 3.63) is 65.5 Å². The molecule has 4 heterocycles. The average molecular weight is 375 g/mol. The van der Waals surface area contributed by atoms with E-state index in [1.165, 1.54) is 5.56 Å². The summed E-state index contributed by atoms with van der Waals surface area (Å²) in [7, 11) is 0. The van der Waals surface area contributed by atoms with Crippen molar-refractivity contribution in [1.82, 2.24) is 4.98 Å². The second kappa shape index (κ2) is 5.66. The van der Waals surface area contributed by atoms with Gasteiger partial charge in [0.1, 0.15) is 11.7 Å². The van der Waals surface area contributed by atoms with Crippen LogP contribution in [-0.2, 0) is 20.7 Å². The highest BCUT2D eigenvalue weighted by atomic mass is 16.6. The Labute approximate surface area is 165 Å². The van der Waals surface area contributed by atoms with Crippen LogP contribution in [0.5, 0.6) is 0 Å². The van der Waals surface area contributed by atoms with Gasteiger partial charge in [0, 0.05) is 30.1 Å². The molecule has 0 radical (unpaired) electrons. The van der Waals surface area contributed by atoms with Gasteiger partial charge in [-0.15, -0.1) is 0 Å². The molecule has 28 heavy (non-hydrogen) atoms. The van der Waals surface area contributed by atoms with Crippen LogP contribution < -0.4 is 0 Å². The molecule has 3 fully saturated rings. The predicted octanol–water partition coefficient (Wildman–Crippen LogP) is 4.03. The van der Waals surface area contributed by atoms with Gasteiger partial charge < -0.3 is 9.47 Å². The summed E-state index contributed by atoms with van der Waals surface area (Å²) in [6.45, 7) is 2.18. The topological polar surface area (TPSA) is 48.4 Å². The first-order valence-electron chi connectivity index (χ1n) is 10.5. The fraction of sp³-hybridized carbons (Fsp3) is 0.500. The smallest absolute Gasteiger partial charge is 0.337 e. The molecule has 1 spiro atoms. The lowest BCUT2D eigenvalue weighted by Gasteiger charge is -2.41. The van der Waals surface area contributed by atoms with E-state index in [1.807, 2.05) is 6.20 Å². The molecule has 2 saturated heterocycles. The van der Waals surface area contributed by atoms with Gasteiger partial charge in [0.25, 0.3) is 0 Å². The van der Waals surface area contributed by atoms with Crippen LogP contribution in [0.1, 0.15) is 49.8 Å². The average Bonchev–Trinajstić information content (AvgIpc) is 3.27. The normalized spacial score (nSPS) is 42.5. The molecule has 0 N–H and O–H groups in total. The summed E-state index contributed by atoms with van der Waals surface area (Å²) < 4.78 is 12.5. The molecule has 5 aliphatic rings. The minimum absolute atomic E-state index is 0.0859. The number of rotatable bonds is 3. The van der Waals surface area contributed by atoms with Gasteiger partial charge in [0.2, 0.25) is 0 Å². The van der Waals surface area contributed by atoms with Crippen LogP contribution >= 0.6 is 0 Å². The molecule has 4 heteroatoms. The predicted molar refractivity (Wildman–Crippen MR) is 105 cm³/mol. The lowest BCUT2D eigenvalue weighted by atomic mass is 9.79. The summed E-state index contributed by atoms with van der Waals surface area (Å²) in [5.74, 6) is 0.806. The van der Waals surface area contributed by atoms with E-state index >= 15 is 0 Å². The van der Waals surface area contributed by atoms with E-state index in [0.29, 0.717) is 11.8 Å². The molecule has 3 aliphatic heterocycles. The third-order valence-electron chi connectivity index (χ3n) is 7.67. The van der Waals surface area contributed by atoms with Crippen LogP contribution in [0.4, 0.5) is 0 Å². The van der Waals surface area contributed by atoms with E-state index in [1.54, 1.807) is 0 Å². The standard InChI is InChI=1S/C24H25NO3/c1-15-11-19-22(26)27-21-10-8-18-13-23(15,28-24(18,19)21)12-16-7-9-20(25-14-16)17-5-3-2-4-6-17/h2-5,7,9,11,14-15,17-18,21H,6,8,10,12-13H2,1H3/t15-,17?,18?,21-,23?,24+/m1/s1. The van der Waals surface area contributed by atoms with E-state index in [0.717, 1.165) is 43.4 Å². The molecule has 6 atom stereocenters. The molecule has 2 bridgehead atoms. The maximum atomic E-state index is 12.4. The van der Waals surface area contributed by atoms with Gasteiger partial charge >= 0.3 is 5.97 Å². The molecule has 1 saturated carbocycles. The van der Waals surface area contributed by atoms with Gasteiger partial charge in [-0.05, 0) is 43.2 Å². The Morgan fingerprint density at radius 3 is 2.96 bits per heavy atom. The third-order valence-corrected chi connectivity index (χ3v) is 7.67. The van der Waals surface area contributed by atoms with Crippen molar-refractivity contribution < 1.29 is 14.3 Å². The number of ether oxygens (including phenoxy) is 2. The summed E-state index contributed by atoms with van der Waals surface area (Å²) >= 11 is 0. The SMILES string of the molecule is C[C@@H]1C=C2C(=O)O[C@@H]3CCC4CC1(Cc1ccc(C5C=CC=CC5)nc1)O[C@]243. The first-order valence-corrected chi connectivity index (χ1v) is 10.5. The van der Waals surface area contributed by atoms with E-state index in [2.05, 4.69) is 49.4 Å². The molecule has 6 rings (SSSR count). The number of carbonyl (C=O) groups excluding carboxylic acids is 1. The van der Waals surface area contributed by atoms with Gasteiger partial charge in [-0.2, -0.15) is 0 Å². The van der Waals surface area contributed by atoms with Crippen LogP contribution in [0.2, 0.25) is 0 Å². The molecule has 0 amide bonds. The zero-order chi connectivity index (χ0) is 18.9. The maximum absolute atomic E-state index is 12.4.